The van der Waals surface area contributed by atoms with Crippen molar-refractivity contribution in [3.8, 4) is 0 Å². The fourth-order valence-corrected chi connectivity index (χ4v) is 2.56. The molecule has 0 spiro atoms. The summed E-state index contributed by atoms with van der Waals surface area (Å²) in [5.41, 5.74) is 0. The smallest absolute Gasteiger partial charge is 0.265 e. The molecule has 0 aromatic carbocycles. The third-order valence-electron chi connectivity index (χ3n) is 3.29. The lowest BCUT2D eigenvalue weighted by Crippen LogP contribution is -2.41. The summed E-state index contributed by atoms with van der Waals surface area (Å²) in [5.74, 6) is -0.199. The highest BCUT2D eigenvalue weighted by molar-refractivity contribution is 7.85. The van der Waals surface area contributed by atoms with E-state index >= 15 is 0 Å². The summed E-state index contributed by atoms with van der Waals surface area (Å²) in [6.07, 6.45) is 9.14. The molecule has 20 heavy (non-hydrogen) atoms. The zero-order chi connectivity index (χ0) is 15.5. The van der Waals surface area contributed by atoms with Crippen LogP contribution in [-0.4, -0.2) is 50.6 Å². The minimum Gasteiger partial charge on any atom is -0.286 e. The molecule has 0 atom stereocenters. The zero-order valence-electron chi connectivity index (χ0n) is 13.3. The van der Waals surface area contributed by atoms with Crippen LogP contribution in [-0.2, 0) is 15.0 Å². The molecule has 0 unspecified atom stereocenters. The van der Waals surface area contributed by atoms with E-state index in [9.17, 15) is 8.42 Å². The summed E-state index contributed by atoms with van der Waals surface area (Å²) in [5, 5.41) is 0. The van der Waals surface area contributed by atoms with Crippen LogP contribution < -0.4 is 0 Å². The zero-order valence-corrected chi connectivity index (χ0v) is 14.1. The second-order valence-corrected chi connectivity index (χ2v) is 7.46. The molecule has 0 radical (unpaired) electrons. The van der Waals surface area contributed by atoms with Gasteiger partial charge in [0.1, 0.15) is 13.2 Å². The van der Waals surface area contributed by atoms with E-state index in [1.54, 1.807) is 0 Å². The number of nitrogens with zero attached hydrogens (tertiary/aromatic N) is 1. The Labute approximate surface area is 124 Å². The Morgan fingerprint density at radius 3 is 2.05 bits per heavy atom. The summed E-state index contributed by atoms with van der Waals surface area (Å²) in [6.45, 7) is 3.50. The molecule has 0 amide bonds. The predicted octanol–water partition coefficient (Wildman–Crippen LogP) is 3.02. The quantitative estimate of drug-likeness (QED) is 0.246. The Kier molecular flexibility index (Phi) is 10.5. The Morgan fingerprint density at radius 2 is 1.50 bits per heavy atom. The highest BCUT2D eigenvalue weighted by Crippen LogP contribution is 2.09. The van der Waals surface area contributed by atoms with Gasteiger partial charge in [-0.2, -0.15) is 13.1 Å². The molecule has 0 aromatic rings. The van der Waals surface area contributed by atoms with Gasteiger partial charge in [-0.3, -0.25) is 4.55 Å². The van der Waals surface area contributed by atoms with Crippen LogP contribution in [0.25, 0.3) is 0 Å². The molecule has 0 saturated heterocycles. The minimum absolute atomic E-state index is 0.199. The molecule has 0 aliphatic heterocycles. The van der Waals surface area contributed by atoms with Crippen LogP contribution in [0.4, 0.5) is 0 Å². The molecule has 0 saturated carbocycles. The van der Waals surface area contributed by atoms with E-state index in [1.165, 1.54) is 38.5 Å². The lowest BCUT2D eigenvalue weighted by atomic mass is 10.1. The number of rotatable bonds is 13. The van der Waals surface area contributed by atoms with E-state index in [0.717, 1.165) is 6.42 Å². The Hall–Kier alpha value is -0.170. The fraction of sp³-hybridized carbons (Fsp3) is 1.00. The molecule has 122 valence electrons. The maximum absolute atomic E-state index is 10.6. The first kappa shape index (κ1) is 19.8. The van der Waals surface area contributed by atoms with Gasteiger partial charge in [0.2, 0.25) is 0 Å². The van der Waals surface area contributed by atoms with Crippen LogP contribution >= 0.6 is 0 Å². The van der Waals surface area contributed by atoms with Gasteiger partial charge in [-0.25, -0.2) is 4.84 Å². The molecule has 6 heteroatoms. The van der Waals surface area contributed by atoms with Crippen molar-refractivity contribution in [2.24, 2.45) is 0 Å². The van der Waals surface area contributed by atoms with Gasteiger partial charge in [0.25, 0.3) is 10.1 Å². The third-order valence-corrected chi connectivity index (χ3v) is 4.09. The molecule has 0 fully saturated rings. The lowest BCUT2D eigenvalue weighted by Gasteiger charge is -2.26. The summed E-state index contributed by atoms with van der Waals surface area (Å²) in [7, 11) is -0.0364. The number of quaternary nitrogens is 1. The van der Waals surface area contributed by atoms with Crippen molar-refractivity contribution < 1.29 is 22.5 Å². The molecular weight excluding hydrogens is 278 g/mol. The fourth-order valence-electron chi connectivity index (χ4n) is 2.06. The first-order valence-corrected chi connectivity index (χ1v) is 9.30. The molecule has 0 rings (SSSR count). The van der Waals surface area contributed by atoms with Crippen molar-refractivity contribution >= 4 is 10.1 Å². The van der Waals surface area contributed by atoms with Crippen molar-refractivity contribution in [3.05, 3.63) is 0 Å². The van der Waals surface area contributed by atoms with Gasteiger partial charge in [-0.1, -0.05) is 45.4 Å². The van der Waals surface area contributed by atoms with E-state index in [1.807, 2.05) is 14.1 Å². The molecule has 0 bridgehead atoms. The van der Waals surface area contributed by atoms with Crippen LogP contribution in [0.3, 0.4) is 0 Å². The maximum atomic E-state index is 10.6. The van der Waals surface area contributed by atoms with E-state index < -0.39 is 10.1 Å². The van der Waals surface area contributed by atoms with Gasteiger partial charge in [0.05, 0.1) is 19.8 Å². The first-order valence-electron chi connectivity index (χ1n) is 7.69. The van der Waals surface area contributed by atoms with Crippen molar-refractivity contribution in [3.63, 3.8) is 0 Å². The van der Waals surface area contributed by atoms with Gasteiger partial charge in [-0.05, 0) is 6.42 Å². The highest BCUT2D eigenvalue weighted by Gasteiger charge is 2.18. The van der Waals surface area contributed by atoms with Crippen molar-refractivity contribution in [2.45, 2.75) is 58.3 Å². The van der Waals surface area contributed by atoms with Crippen molar-refractivity contribution in [2.75, 3.05) is 33.0 Å². The molecular formula is C14H32NO4S+. The second kappa shape index (κ2) is 10.5. The predicted molar refractivity (Wildman–Crippen MR) is 82.0 cm³/mol. The Bertz CT molecular complexity index is 328. The number of hydrogen-bond acceptors (Lipinski definition) is 3. The number of hydrogen-bond donors (Lipinski definition) is 1. The highest BCUT2D eigenvalue weighted by atomic mass is 32.2. The maximum Gasteiger partial charge on any atom is 0.265 e. The van der Waals surface area contributed by atoms with E-state index in [-0.39, 0.29) is 5.75 Å². The van der Waals surface area contributed by atoms with Crippen LogP contribution in [0.15, 0.2) is 0 Å². The average molecular weight is 310 g/mol. The van der Waals surface area contributed by atoms with E-state index in [4.69, 9.17) is 9.39 Å². The van der Waals surface area contributed by atoms with Gasteiger partial charge >= 0.3 is 0 Å². The van der Waals surface area contributed by atoms with Gasteiger partial charge in [-0.15, -0.1) is 0 Å². The summed E-state index contributed by atoms with van der Waals surface area (Å²) in [6, 6.07) is 0. The monoisotopic (exact) mass is 310 g/mol. The lowest BCUT2D eigenvalue weighted by molar-refractivity contribution is -1.08. The second-order valence-electron chi connectivity index (χ2n) is 5.89. The first-order chi connectivity index (χ1) is 9.27. The van der Waals surface area contributed by atoms with Crippen LogP contribution in [0, 0.1) is 0 Å². The summed E-state index contributed by atoms with van der Waals surface area (Å²) < 4.78 is 30.3. The molecule has 0 aromatic heterocycles. The molecule has 0 heterocycles. The third kappa shape index (κ3) is 14.2. The van der Waals surface area contributed by atoms with Crippen LogP contribution in [0.2, 0.25) is 0 Å². The number of hydroxylamine groups is 3. The topological polar surface area (TPSA) is 63.6 Å². The molecule has 5 nitrogen and oxygen atoms in total. The van der Waals surface area contributed by atoms with E-state index in [0.29, 0.717) is 24.2 Å². The summed E-state index contributed by atoms with van der Waals surface area (Å²) >= 11 is 0. The van der Waals surface area contributed by atoms with Crippen LogP contribution in [0.5, 0.6) is 0 Å². The minimum atomic E-state index is -3.85. The van der Waals surface area contributed by atoms with E-state index in [2.05, 4.69) is 6.92 Å². The normalized spacial score (nSPS) is 12.8. The summed E-state index contributed by atoms with van der Waals surface area (Å²) in [4.78, 5) is 5.73. The van der Waals surface area contributed by atoms with Crippen LogP contribution in [0.1, 0.15) is 58.3 Å². The standard InChI is InChI=1S/C14H31NO4S/c1-4-5-6-7-8-9-10-13-19-15(2,3)12-11-14-20(16,17)18/h4-14H2,1-3H3/p+1. The van der Waals surface area contributed by atoms with Gasteiger partial charge in [0.15, 0.2) is 0 Å². The molecule has 1 N–H and O–H groups in total. The van der Waals surface area contributed by atoms with Crippen molar-refractivity contribution in [1.82, 2.24) is 0 Å². The van der Waals surface area contributed by atoms with Gasteiger partial charge in [0, 0.05) is 6.42 Å². The SMILES string of the molecule is CCCCCCCCCO[N+](C)(C)CCCS(=O)(=O)O. The van der Waals surface area contributed by atoms with Gasteiger partial charge < -0.3 is 0 Å². The van der Waals surface area contributed by atoms with Crippen molar-refractivity contribution in [1.29, 1.82) is 0 Å². The molecule has 0 aliphatic carbocycles. The Morgan fingerprint density at radius 1 is 0.950 bits per heavy atom. The number of unbranched alkanes of at least 4 members (excludes halogenated alkanes) is 6. The Balaban J connectivity index is 3.52. The molecule has 0 aliphatic rings. The average Bonchev–Trinajstić information content (AvgIpc) is 2.30. The largest absolute Gasteiger partial charge is 0.286 e.